The molecule has 0 saturated heterocycles. The van der Waals surface area contributed by atoms with Crippen LogP contribution < -0.4 is 0 Å². The number of allylic oxidation sites excluding steroid dienone is 16. The molecule has 0 aromatic rings. The average Bonchev–Trinajstić information content (AvgIpc) is 3.29. The Bertz CT molecular complexity index is 1300. The van der Waals surface area contributed by atoms with Crippen molar-refractivity contribution in [3.8, 4) is 0 Å². The Balaban J connectivity index is 4.50. The Labute approximate surface area is 394 Å². The van der Waals surface area contributed by atoms with Gasteiger partial charge in [-0.25, -0.2) is 0 Å². The van der Waals surface area contributed by atoms with Crippen LogP contribution in [-0.4, -0.2) is 37.2 Å². The largest absolute Gasteiger partial charge is 0.462 e. The van der Waals surface area contributed by atoms with Gasteiger partial charge < -0.3 is 14.2 Å². The normalized spacial score (nSPS) is 12.9. The second-order valence-corrected chi connectivity index (χ2v) is 17.0. The van der Waals surface area contributed by atoms with Crippen molar-refractivity contribution in [2.75, 3.05) is 13.2 Å². The van der Waals surface area contributed by atoms with Gasteiger partial charge in [-0.05, 0) is 96.3 Å². The molecule has 0 aromatic carbocycles. The van der Waals surface area contributed by atoms with E-state index in [0.717, 1.165) is 122 Å². The minimum atomic E-state index is -0.806. The van der Waals surface area contributed by atoms with Gasteiger partial charge in [0.25, 0.3) is 0 Å². The quantitative estimate of drug-likeness (QED) is 0.0262. The summed E-state index contributed by atoms with van der Waals surface area (Å²) in [5.41, 5.74) is 0. The van der Waals surface area contributed by atoms with Crippen LogP contribution >= 0.6 is 0 Å². The second kappa shape index (κ2) is 52.0. The van der Waals surface area contributed by atoms with Crippen molar-refractivity contribution in [1.29, 1.82) is 0 Å². The summed E-state index contributed by atoms with van der Waals surface area (Å²) in [7, 11) is 0. The number of carbonyl (C=O) groups is 3. The van der Waals surface area contributed by atoms with E-state index >= 15 is 0 Å². The lowest BCUT2D eigenvalue weighted by Gasteiger charge is -2.18. The first-order valence-electron chi connectivity index (χ1n) is 26.2. The summed E-state index contributed by atoms with van der Waals surface area (Å²) in [6, 6.07) is 0. The van der Waals surface area contributed by atoms with E-state index < -0.39 is 6.10 Å². The smallest absolute Gasteiger partial charge is 0.306 e. The molecule has 1 atom stereocenters. The first kappa shape index (κ1) is 60.3. The molecule has 0 aliphatic rings. The molecule has 6 nitrogen and oxygen atoms in total. The van der Waals surface area contributed by atoms with Crippen LogP contribution in [0.3, 0.4) is 0 Å². The zero-order valence-corrected chi connectivity index (χ0v) is 41.5. The molecule has 6 heteroatoms. The van der Waals surface area contributed by atoms with E-state index in [1.807, 2.05) is 0 Å². The third kappa shape index (κ3) is 49.3. The first-order valence-corrected chi connectivity index (χ1v) is 26.2. The lowest BCUT2D eigenvalue weighted by molar-refractivity contribution is -0.167. The van der Waals surface area contributed by atoms with Crippen molar-refractivity contribution < 1.29 is 28.6 Å². The van der Waals surface area contributed by atoms with Gasteiger partial charge in [0, 0.05) is 19.3 Å². The lowest BCUT2D eigenvalue weighted by atomic mass is 10.0. The molecule has 0 saturated carbocycles. The molecular formula is C58H96O6. The zero-order valence-electron chi connectivity index (χ0n) is 41.5. The van der Waals surface area contributed by atoms with Gasteiger partial charge in [0.05, 0.1) is 0 Å². The van der Waals surface area contributed by atoms with Crippen molar-refractivity contribution in [3.63, 3.8) is 0 Å². The number of esters is 3. The summed E-state index contributed by atoms with van der Waals surface area (Å²) < 4.78 is 16.8. The molecular weight excluding hydrogens is 793 g/mol. The summed E-state index contributed by atoms with van der Waals surface area (Å²) in [5, 5.41) is 0. The fourth-order valence-corrected chi connectivity index (χ4v) is 6.95. The maximum absolute atomic E-state index is 12.8. The summed E-state index contributed by atoms with van der Waals surface area (Å²) >= 11 is 0. The molecule has 0 spiro atoms. The van der Waals surface area contributed by atoms with Crippen molar-refractivity contribution in [2.24, 2.45) is 0 Å². The van der Waals surface area contributed by atoms with E-state index in [4.69, 9.17) is 14.2 Å². The second-order valence-electron chi connectivity index (χ2n) is 17.0. The number of hydrogen-bond donors (Lipinski definition) is 0. The summed E-state index contributed by atoms with van der Waals surface area (Å²) in [6.45, 7) is 6.35. The van der Waals surface area contributed by atoms with E-state index in [1.54, 1.807) is 0 Å². The predicted molar refractivity (Wildman–Crippen MR) is 274 cm³/mol. The van der Waals surface area contributed by atoms with Gasteiger partial charge in [0.15, 0.2) is 6.10 Å². The molecule has 364 valence electrons. The minimum Gasteiger partial charge on any atom is -0.462 e. The van der Waals surface area contributed by atoms with Gasteiger partial charge in [-0.15, -0.1) is 0 Å². The summed E-state index contributed by atoms with van der Waals surface area (Å²) in [4.78, 5) is 38.0. The number of carbonyl (C=O) groups excluding carboxylic acids is 3. The summed E-state index contributed by atoms with van der Waals surface area (Å²) in [6.07, 6.45) is 68.2. The summed E-state index contributed by atoms with van der Waals surface area (Å²) in [5.74, 6) is -0.965. The molecule has 0 rings (SSSR count). The van der Waals surface area contributed by atoms with Gasteiger partial charge >= 0.3 is 17.9 Å². The standard InChI is InChI=1S/C58H96O6/c1-4-7-10-13-16-19-22-25-28-30-33-36-39-42-45-48-51-57(60)63-54-55(53-62-56(59)50-47-44-41-38-35-32-27-24-21-18-15-12-9-6-3)64-58(61)52-49-46-43-40-37-34-31-29-26-23-20-17-14-11-8-5-2/h7-8,10-11,16-17,19-20,25-26,28-29,33-34,36-37,55H,4-6,9,12-15,18,21-24,27,30-32,35,38-54H2,1-3H3/b10-7-,11-8-,19-16-,20-17-,28-25-,29-26-,36-33-,37-34-. The van der Waals surface area contributed by atoms with Crippen LogP contribution in [0.4, 0.5) is 0 Å². The molecule has 0 aliphatic carbocycles. The molecule has 0 fully saturated rings. The number of hydrogen-bond acceptors (Lipinski definition) is 6. The van der Waals surface area contributed by atoms with E-state index in [2.05, 4.69) is 118 Å². The highest BCUT2D eigenvalue weighted by molar-refractivity contribution is 5.71. The van der Waals surface area contributed by atoms with Crippen LogP contribution in [0.15, 0.2) is 97.2 Å². The van der Waals surface area contributed by atoms with Gasteiger partial charge in [-0.2, -0.15) is 0 Å². The molecule has 0 bridgehead atoms. The molecule has 0 aromatic heterocycles. The molecule has 0 aliphatic heterocycles. The Hall–Kier alpha value is -3.67. The Morgan fingerprint density at radius 2 is 0.609 bits per heavy atom. The van der Waals surface area contributed by atoms with Gasteiger partial charge in [0.2, 0.25) is 0 Å². The van der Waals surface area contributed by atoms with Crippen LogP contribution in [0.25, 0.3) is 0 Å². The van der Waals surface area contributed by atoms with Crippen molar-refractivity contribution >= 4 is 17.9 Å². The molecule has 0 N–H and O–H groups in total. The SMILES string of the molecule is CC/C=C\C/C=C\C/C=C\C/C=C\CCCCCC(=O)OCC(COC(=O)CCCCCCCCCCCCCCCC)OC(=O)CCCCC/C=C\C/C=C\C/C=C\C/C=C\CC. The van der Waals surface area contributed by atoms with Crippen LogP contribution in [0.1, 0.15) is 233 Å². The fourth-order valence-electron chi connectivity index (χ4n) is 6.95. The zero-order chi connectivity index (χ0) is 46.5. The highest BCUT2D eigenvalue weighted by atomic mass is 16.6. The molecule has 0 amide bonds. The maximum Gasteiger partial charge on any atom is 0.306 e. The number of ether oxygens (including phenoxy) is 3. The van der Waals surface area contributed by atoms with Crippen molar-refractivity contribution in [2.45, 2.75) is 239 Å². The highest BCUT2D eigenvalue weighted by Gasteiger charge is 2.19. The van der Waals surface area contributed by atoms with Crippen LogP contribution in [0.5, 0.6) is 0 Å². The Kier molecular flexibility index (Phi) is 49.0. The lowest BCUT2D eigenvalue weighted by Crippen LogP contribution is -2.30. The fraction of sp³-hybridized carbons (Fsp3) is 0.672. The van der Waals surface area contributed by atoms with E-state index in [1.165, 1.54) is 70.6 Å². The molecule has 0 heterocycles. The third-order valence-electron chi connectivity index (χ3n) is 10.8. The highest BCUT2D eigenvalue weighted by Crippen LogP contribution is 2.14. The van der Waals surface area contributed by atoms with Gasteiger partial charge in [-0.3, -0.25) is 14.4 Å². The molecule has 0 radical (unpaired) electrons. The van der Waals surface area contributed by atoms with Crippen molar-refractivity contribution in [3.05, 3.63) is 97.2 Å². The average molecular weight is 889 g/mol. The molecule has 1 unspecified atom stereocenters. The third-order valence-corrected chi connectivity index (χ3v) is 10.8. The van der Waals surface area contributed by atoms with E-state index in [9.17, 15) is 14.4 Å². The first-order chi connectivity index (χ1) is 31.5. The van der Waals surface area contributed by atoms with Gasteiger partial charge in [0.1, 0.15) is 13.2 Å². The maximum atomic E-state index is 12.8. The van der Waals surface area contributed by atoms with Crippen LogP contribution in [-0.2, 0) is 28.6 Å². The van der Waals surface area contributed by atoms with E-state index in [0.29, 0.717) is 12.8 Å². The number of unbranched alkanes of at least 4 members (excludes halogenated alkanes) is 19. The molecule has 64 heavy (non-hydrogen) atoms. The topological polar surface area (TPSA) is 78.9 Å². The Morgan fingerprint density at radius 1 is 0.328 bits per heavy atom. The van der Waals surface area contributed by atoms with Crippen molar-refractivity contribution in [1.82, 2.24) is 0 Å². The van der Waals surface area contributed by atoms with Gasteiger partial charge in [-0.1, -0.05) is 214 Å². The monoisotopic (exact) mass is 889 g/mol. The number of rotatable bonds is 46. The van der Waals surface area contributed by atoms with E-state index in [-0.39, 0.29) is 37.5 Å². The minimum absolute atomic E-state index is 0.100. The van der Waals surface area contributed by atoms with Crippen LogP contribution in [0, 0.1) is 0 Å². The predicted octanol–water partition coefficient (Wildman–Crippen LogP) is 17.4. The Morgan fingerprint density at radius 3 is 0.953 bits per heavy atom. The van der Waals surface area contributed by atoms with Crippen LogP contribution in [0.2, 0.25) is 0 Å².